The van der Waals surface area contributed by atoms with Crippen LogP contribution >= 0.6 is 0 Å². The first-order chi connectivity index (χ1) is 5.43. The molecule has 0 spiro atoms. The summed E-state index contributed by atoms with van der Waals surface area (Å²) in [5.41, 5.74) is 9.41. The first kappa shape index (κ1) is 9.79. The maximum Gasteiger partial charge on any atom is 0.00477 e. The molecule has 0 saturated heterocycles. The molecule has 0 radical (unpaired) electrons. The molecule has 0 aromatic heterocycles. The van der Waals surface area contributed by atoms with Crippen molar-refractivity contribution in [1.29, 1.82) is 0 Å². The molecule has 0 aromatic carbocycles. The van der Waals surface area contributed by atoms with Crippen LogP contribution in [0.25, 0.3) is 0 Å². The Kier molecular flexibility index (Phi) is 2.62. The van der Waals surface area contributed by atoms with Gasteiger partial charge in [-0.15, -0.1) is 0 Å². The molecule has 1 aliphatic rings. The van der Waals surface area contributed by atoms with E-state index in [0.29, 0.717) is 11.5 Å². The Morgan fingerprint density at radius 2 is 2.08 bits per heavy atom. The van der Waals surface area contributed by atoms with Crippen molar-refractivity contribution in [2.24, 2.45) is 11.1 Å². The molecular formula is C11H21N. The molecule has 0 fully saturated rings. The van der Waals surface area contributed by atoms with Crippen molar-refractivity contribution in [1.82, 2.24) is 0 Å². The monoisotopic (exact) mass is 167 g/mol. The van der Waals surface area contributed by atoms with Gasteiger partial charge in [-0.3, -0.25) is 0 Å². The Labute approximate surface area is 76.0 Å². The summed E-state index contributed by atoms with van der Waals surface area (Å²) < 4.78 is 0. The van der Waals surface area contributed by atoms with Crippen molar-refractivity contribution in [3.63, 3.8) is 0 Å². The fourth-order valence-corrected chi connectivity index (χ4v) is 1.96. The molecular weight excluding hydrogens is 146 g/mol. The second-order valence-corrected chi connectivity index (χ2v) is 4.79. The van der Waals surface area contributed by atoms with Crippen LogP contribution in [0, 0.1) is 5.41 Å². The summed E-state index contributed by atoms with van der Waals surface area (Å²) in [4.78, 5) is 0. The molecule has 1 unspecified atom stereocenters. The number of hydrogen-bond acceptors (Lipinski definition) is 1. The van der Waals surface area contributed by atoms with E-state index >= 15 is 0 Å². The molecule has 1 heteroatoms. The molecule has 0 bridgehead atoms. The molecule has 70 valence electrons. The van der Waals surface area contributed by atoms with Crippen LogP contribution in [0.3, 0.4) is 0 Å². The maximum absolute atomic E-state index is 5.79. The van der Waals surface area contributed by atoms with Gasteiger partial charge in [0, 0.05) is 6.04 Å². The van der Waals surface area contributed by atoms with Crippen LogP contribution < -0.4 is 5.73 Å². The van der Waals surface area contributed by atoms with E-state index in [9.17, 15) is 0 Å². The van der Waals surface area contributed by atoms with Crippen molar-refractivity contribution in [3.05, 3.63) is 11.1 Å². The standard InChI is InChI=1S/C11H21N/c1-8(12)7-10-5-6-11(3,4)9(10)2/h8H,5-7,12H2,1-4H3. The molecule has 12 heavy (non-hydrogen) atoms. The summed E-state index contributed by atoms with van der Waals surface area (Å²) in [5, 5.41) is 0. The zero-order valence-corrected chi connectivity index (χ0v) is 8.78. The third kappa shape index (κ3) is 1.89. The lowest BCUT2D eigenvalue weighted by Gasteiger charge is -2.19. The van der Waals surface area contributed by atoms with Crippen LogP contribution in [-0.2, 0) is 0 Å². The van der Waals surface area contributed by atoms with Crippen LogP contribution in [0.4, 0.5) is 0 Å². The number of allylic oxidation sites excluding steroid dienone is 1. The van der Waals surface area contributed by atoms with Gasteiger partial charge in [-0.1, -0.05) is 25.0 Å². The molecule has 1 rings (SSSR count). The van der Waals surface area contributed by atoms with E-state index in [1.54, 1.807) is 11.1 Å². The van der Waals surface area contributed by atoms with Crippen LogP contribution in [-0.4, -0.2) is 6.04 Å². The fraction of sp³-hybridized carbons (Fsp3) is 0.818. The van der Waals surface area contributed by atoms with Crippen LogP contribution in [0.2, 0.25) is 0 Å². The van der Waals surface area contributed by atoms with E-state index < -0.39 is 0 Å². The minimum Gasteiger partial charge on any atom is -0.328 e. The topological polar surface area (TPSA) is 26.0 Å². The van der Waals surface area contributed by atoms with Gasteiger partial charge in [0.25, 0.3) is 0 Å². The highest BCUT2D eigenvalue weighted by Crippen LogP contribution is 2.43. The predicted molar refractivity (Wildman–Crippen MR) is 54.0 cm³/mol. The van der Waals surface area contributed by atoms with Gasteiger partial charge in [-0.05, 0) is 38.5 Å². The minimum absolute atomic E-state index is 0.323. The number of rotatable bonds is 2. The minimum atomic E-state index is 0.323. The van der Waals surface area contributed by atoms with Gasteiger partial charge >= 0.3 is 0 Å². The van der Waals surface area contributed by atoms with E-state index in [0.717, 1.165) is 6.42 Å². The molecule has 0 aromatic rings. The SMILES string of the molecule is CC1=C(CC(C)N)CCC1(C)C. The zero-order chi connectivity index (χ0) is 9.35. The summed E-state index contributed by atoms with van der Waals surface area (Å²) in [5.74, 6) is 0. The molecule has 1 nitrogen and oxygen atoms in total. The van der Waals surface area contributed by atoms with Crippen LogP contribution in [0.5, 0.6) is 0 Å². The Balaban J connectivity index is 2.72. The van der Waals surface area contributed by atoms with Gasteiger partial charge in [0.1, 0.15) is 0 Å². The average molecular weight is 167 g/mol. The Morgan fingerprint density at radius 1 is 1.50 bits per heavy atom. The highest BCUT2D eigenvalue weighted by atomic mass is 14.6. The van der Waals surface area contributed by atoms with E-state index in [4.69, 9.17) is 5.73 Å². The van der Waals surface area contributed by atoms with Crippen molar-refractivity contribution in [2.75, 3.05) is 0 Å². The van der Waals surface area contributed by atoms with E-state index in [1.807, 2.05) is 0 Å². The number of hydrogen-bond donors (Lipinski definition) is 1. The molecule has 1 aliphatic carbocycles. The Hall–Kier alpha value is -0.300. The molecule has 0 saturated carbocycles. The highest BCUT2D eigenvalue weighted by Gasteiger charge is 2.28. The lowest BCUT2D eigenvalue weighted by atomic mass is 9.86. The summed E-state index contributed by atoms with van der Waals surface area (Å²) in [7, 11) is 0. The van der Waals surface area contributed by atoms with Crippen molar-refractivity contribution in [3.8, 4) is 0 Å². The van der Waals surface area contributed by atoms with Gasteiger partial charge in [0.05, 0.1) is 0 Å². The molecule has 0 aliphatic heterocycles. The molecule has 1 atom stereocenters. The first-order valence-corrected chi connectivity index (χ1v) is 4.88. The summed E-state index contributed by atoms with van der Waals surface area (Å²) in [6.07, 6.45) is 3.66. The largest absolute Gasteiger partial charge is 0.328 e. The number of nitrogens with two attached hydrogens (primary N) is 1. The van der Waals surface area contributed by atoms with Crippen LogP contribution in [0.15, 0.2) is 11.1 Å². The summed E-state index contributed by atoms with van der Waals surface area (Å²) in [6, 6.07) is 0.323. The van der Waals surface area contributed by atoms with Gasteiger partial charge in [0.2, 0.25) is 0 Å². The normalized spacial score (nSPS) is 24.8. The van der Waals surface area contributed by atoms with E-state index in [2.05, 4.69) is 27.7 Å². The van der Waals surface area contributed by atoms with Crippen molar-refractivity contribution in [2.45, 2.75) is 53.0 Å². The van der Waals surface area contributed by atoms with Crippen molar-refractivity contribution >= 4 is 0 Å². The molecule has 0 amide bonds. The second-order valence-electron chi connectivity index (χ2n) is 4.79. The predicted octanol–water partition coefficient (Wildman–Crippen LogP) is 2.86. The average Bonchev–Trinajstić information content (AvgIpc) is 2.15. The van der Waals surface area contributed by atoms with Gasteiger partial charge < -0.3 is 5.73 Å². The Morgan fingerprint density at radius 3 is 2.42 bits per heavy atom. The summed E-state index contributed by atoms with van der Waals surface area (Å²) in [6.45, 7) is 9.02. The van der Waals surface area contributed by atoms with E-state index in [-0.39, 0.29) is 0 Å². The lowest BCUT2D eigenvalue weighted by Crippen LogP contribution is -2.15. The molecule has 0 heterocycles. The smallest absolute Gasteiger partial charge is 0.00477 e. The maximum atomic E-state index is 5.79. The van der Waals surface area contributed by atoms with Gasteiger partial charge in [0.15, 0.2) is 0 Å². The Bertz CT molecular complexity index is 199. The summed E-state index contributed by atoms with van der Waals surface area (Å²) >= 11 is 0. The first-order valence-electron chi connectivity index (χ1n) is 4.88. The highest BCUT2D eigenvalue weighted by molar-refractivity contribution is 5.25. The van der Waals surface area contributed by atoms with Crippen LogP contribution in [0.1, 0.15) is 47.0 Å². The quantitative estimate of drug-likeness (QED) is 0.629. The van der Waals surface area contributed by atoms with Gasteiger partial charge in [-0.25, -0.2) is 0 Å². The van der Waals surface area contributed by atoms with Crippen molar-refractivity contribution < 1.29 is 0 Å². The fourth-order valence-electron chi connectivity index (χ4n) is 1.96. The molecule has 2 N–H and O–H groups in total. The third-order valence-electron chi connectivity index (χ3n) is 3.17. The second kappa shape index (κ2) is 3.21. The van der Waals surface area contributed by atoms with E-state index in [1.165, 1.54) is 12.8 Å². The van der Waals surface area contributed by atoms with Gasteiger partial charge in [-0.2, -0.15) is 0 Å². The zero-order valence-electron chi connectivity index (χ0n) is 8.78. The third-order valence-corrected chi connectivity index (χ3v) is 3.17. The lowest BCUT2D eigenvalue weighted by molar-refractivity contribution is 0.442.